The third kappa shape index (κ3) is 3.91. The maximum Gasteiger partial charge on any atom is 0.326 e. The summed E-state index contributed by atoms with van der Waals surface area (Å²) in [7, 11) is 0. The summed E-state index contributed by atoms with van der Waals surface area (Å²) >= 11 is 0. The van der Waals surface area contributed by atoms with Gasteiger partial charge in [0, 0.05) is 18.8 Å². The maximum atomic E-state index is 10.8. The lowest BCUT2D eigenvalue weighted by Crippen LogP contribution is -2.30. The number of hydrogen-bond acceptors (Lipinski definition) is 5. The van der Waals surface area contributed by atoms with Gasteiger partial charge >= 0.3 is 11.9 Å². The van der Waals surface area contributed by atoms with Crippen molar-refractivity contribution in [2.45, 2.75) is 18.9 Å². The number of aliphatic carboxylic acids is 2. The van der Waals surface area contributed by atoms with Crippen LogP contribution in [0.4, 0.5) is 5.95 Å². The van der Waals surface area contributed by atoms with Crippen molar-refractivity contribution >= 4 is 17.9 Å². The van der Waals surface area contributed by atoms with Crippen LogP contribution in [0.5, 0.6) is 0 Å². The fourth-order valence-electron chi connectivity index (χ4n) is 1.05. The molecule has 1 aromatic rings. The van der Waals surface area contributed by atoms with Crippen molar-refractivity contribution in [1.29, 1.82) is 0 Å². The van der Waals surface area contributed by atoms with Crippen LogP contribution in [-0.2, 0) is 9.59 Å². The second kappa shape index (κ2) is 5.64. The monoisotopic (exact) mass is 225 g/mol. The number of rotatable bonds is 6. The number of carboxylic acid groups (broad SMARTS) is 2. The largest absolute Gasteiger partial charge is 0.481 e. The minimum Gasteiger partial charge on any atom is -0.481 e. The van der Waals surface area contributed by atoms with Crippen molar-refractivity contribution in [3.63, 3.8) is 0 Å². The summed E-state index contributed by atoms with van der Waals surface area (Å²) < 4.78 is 0. The highest BCUT2D eigenvalue weighted by Crippen LogP contribution is 2.05. The third-order valence-electron chi connectivity index (χ3n) is 1.81. The van der Waals surface area contributed by atoms with Gasteiger partial charge in [-0.25, -0.2) is 14.8 Å². The minimum atomic E-state index is -1.13. The van der Waals surface area contributed by atoms with Crippen molar-refractivity contribution in [2.24, 2.45) is 0 Å². The van der Waals surface area contributed by atoms with Crippen LogP contribution in [0.15, 0.2) is 18.5 Å². The molecule has 0 aliphatic heterocycles. The molecule has 0 aliphatic rings. The number of nitrogens with zero attached hydrogens (tertiary/aromatic N) is 2. The van der Waals surface area contributed by atoms with Gasteiger partial charge in [0.05, 0.1) is 0 Å². The molecule has 0 aliphatic carbocycles. The second-order valence-electron chi connectivity index (χ2n) is 3.04. The van der Waals surface area contributed by atoms with Crippen molar-refractivity contribution in [1.82, 2.24) is 9.97 Å². The number of anilines is 1. The molecule has 1 unspecified atom stereocenters. The van der Waals surface area contributed by atoms with Gasteiger partial charge in [-0.1, -0.05) is 0 Å². The molecule has 0 fully saturated rings. The van der Waals surface area contributed by atoms with Gasteiger partial charge in [-0.15, -0.1) is 0 Å². The zero-order chi connectivity index (χ0) is 12.0. The molecule has 7 nitrogen and oxygen atoms in total. The van der Waals surface area contributed by atoms with Gasteiger partial charge in [0.2, 0.25) is 5.95 Å². The first-order chi connectivity index (χ1) is 7.59. The van der Waals surface area contributed by atoms with E-state index in [2.05, 4.69) is 15.3 Å². The minimum absolute atomic E-state index is 0.0249. The Kier molecular flexibility index (Phi) is 4.19. The number of carbonyl (C=O) groups is 2. The predicted octanol–water partition coefficient (Wildman–Crippen LogP) is 0.207. The second-order valence-corrected chi connectivity index (χ2v) is 3.04. The summed E-state index contributed by atoms with van der Waals surface area (Å²) in [5, 5.41) is 19.8. The molecule has 1 heterocycles. The molecule has 1 rings (SSSR count). The van der Waals surface area contributed by atoms with Crippen LogP contribution in [0.25, 0.3) is 0 Å². The number of nitrogens with one attached hydrogen (secondary N) is 1. The normalized spacial score (nSPS) is 11.8. The van der Waals surface area contributed by atoms with E-state index in [1.165, 1.54) is 12.4 Å². The van der Waals surface area contributed by atoms with Gasteiger partial charge in [-0.3, -0.25) is 4.79 Å². The van der Waals surface area contributed by atoms with E-state index >= 15 is 0 Å². The van der Waals surface area contributed by atoms with Crippen molar-refractivity contribution in [3.05, 3.63) is 18.5 Å². The van der Waals surface area contributed by atoms with Crippen LogP contribution in [0, 0.1) is 0 Å². The van der Waals surface area contributed by atoms with Gasteiger partial charge in [0.15, 0.2) is 0 Å². The summed E-state index contributed by atoms with van der Waals surface area (Å²) in [5.41, 5.74) is 0. The average molecular weight is 225 g/mol. The Labute approximate surface area is 91.2 Å². The van der Waals surface area contributed by atoms with Gasteiger partial charge in [-0.2, -0.15) is 0 Å². The van der Waals surface area contributed by atoms with E-state index in [0.717, 1.165) is 0 Å². The molecule has 7 heteroatoms. The number of hydrogen-bond donors (Lipinski definition) is 3. The molecule has 0 spiro atoms. The summed E-state index contributed by atoms with van der Waals surface area (Å²) in [6.07, 6.45) is 2.68. The Morgan fingerprint density at radius 1 is 1.31 bits per heavy atom. The van der Waals surface area contributed by atoms with Crippen molar-refractivity contribution < 1.29 is 19.8 Å². The van der Waals surface area contributed by atoms with E-state index < -0.39 is 18.0 Å². The first-order valence-electron chi connectivity index (χ1n) is 4.57. The lowest BCUT2D eigenvalue weighted by Gasteiger charge is -2.12. The van der Waals surface area contributed by atoms with Crippen LogP contribution in [-0.4, -0.2) is 38.2 Å². The summed E-state index contributed by atoms with van der Waals surface area (Å²) in [6, 6.07) is 0.594. The van der Waals surface area contributed by atoms with Crippen LogP contribution in [0.2, 0.25) is 0 Å². The highest BCUT2D eigenvalue weighted by molar-refractivity contribution is 5.77. The molecule has 0 radical (unpaired) electrons. The van der Waals surface area contributed by atoms with E-state index in [-0.39, 0.29) is 18.8 Å². The highest BCUT2D eigenvalue weighted by Gasteiger charge is 2.19. The fraction of sp³-hybridized carbons (Fsp3) is 0.333. The van der Waals surface area contributed by atoms with Crippen molar-refractivity contribution in [2.75, 3.05) is 5.32 Å². The Morgan fingerprint density at radius 2 is 1.94 bits per heavy atom. The van der Waals surface area contributed by atoms with Crippen LogP contribution in [0.3, 0.4) is 0 Å². The average Bonchev–Trinajstić information content (AvgIpc) is 2.25. The SMILES string of the molecule is O=C(O)CCC(Nc1ncccn1)C(=O)O. The lowest BCUT2D eigenvalue weighted by atomic mass is 10.1. The predicted molar refractivity (Wildman–Crippen MR) is 53.9 cm³/mol. The van der Waals surface area contributed by atoms with Gasteiger partial charge in [0.1, 0.15) is 6.04 Å². The molecule has 0 bridgehead atoms. The molecule has 0 aromatic carbocycles. The van der Waals surface area contributed by atoms with Gasteiger partial charge in [-0.05, 0) is 12.5 Å². The smallest absolute Gasteiger partial charge is 0.326 e. The Bertz CT molecular complexity index is 368. The number of aromatic nitrogens is 2. The Morgan fingerprint density at radius 3 is 2.44 bits per heavy atom. The quantitative estimate of drug-likeness (QED) is 0.634. The molecule has 1 atom stereocenters. The molecule has 0 amide bonds. The van der Waals surface area contributed by atoms with Crippen LogP contribution >= 0.6 is 0 Å². The standard InChI is InChI=1S/C9H11N3O4/c13-7(14)3-2-6(8(15)16)12-9-10-4-1-5-11-9/h1,4-6H,2-3H2,(H,13,14)(H,15,16)(H,10,11,12). The molecule has 1 aromatic heterocycles. The molecule has 0 saturated carbocycles. The lowest BCUT2D eigenvalue weighted by molar-refractivity contribution is -0.139. The van der Waals surface area contributed by atoms with Crippen LogP contribution < -0.4 is 5.32 Å². The highest BCUT2D eigenvalue weighted by atomic mass is 16.4. The zero-order valence-electron chi connectivity index (χ0n) is 8.33. The number of carboxylic acids is 2. The molecule has 16 heavy (non-hydrogen) atoms. The van der Waals surface area contributed by atoms with Crippen molar-refractivity contribution in [3.8, 4) is 0 Å². The fourth-order valence-corrected chi connectivity index (χ4v) is 1.05. The molecular formula is C9H11N3O4. The Balaban J connectivity index is 2.58. The summed E-state index contributed by atoms with van der Waals surface area (Å²) in [5.74, 6) is -2.00. The van der Waals surface area contributed by atoms with E-state index in [1.807, 2.05) is 0 Å². The summed E-state index contributed by atoms with van der Waals surface area (Å²) in [4.78, 5) is 28.7. The Hall–Kier alpha value is -2.18. The molecule has 86 valence electrons. The van der Waals surface area contributed by atoms with E-state index in [9.17, 15) is 9.59 Å². The van der Waals surface area contributed by atoms with E-state index in [1.54, 1.807) is 6.07 Å². The van der Waals surface area contributed by atoms with Crippen LogP contribution in [0.1, 0.15) is 12.8 Å². The first kappa shape index (κ1) is 11.9. The van der Waals surface area contributed by atoms with E-state index in [0.29, 0.717) is 0 Å². The van der Waals surface area contributed by atoms with Gasteiger partial charge in [0.25, 0.3) is 0 Å². The molecule has 0 saturated heterocycles. The maximum absolute atomic E-state index is 10.8. The first-order valence-corrected chi connectivity index (χ1v) is 4.57. The summed E-state index contributed by atoms with van der Waals surface area (Å²) in [6.45, 7) is 0. The van der Waals surface area contributed by atoms with Gasteiger partial charge < -0.3 is 15.5 Å². The molecular weight excluding hydrogens is 214 g/mol. The molecule has 3 N–H and O–H groups in total. The topological polar surface area (TPSA) is 112 Å². The van der Waals surface area contributed by atoms with E-state index in [4.69, 9.17) is 10.2 Å². The third-order valence-corrected chi connectivity index (χ3v) is 1.81. The zero-order valence-corrected chi connectivity index (χ0v) is 8.33.